The molecular formula is C22H25NO2. The molecule has 2 aromatic rings. The van der Waals surface area contributed by atoms with Crippen LogP contribution < -0.4 is 0 Å². The Hall–Kier alpha value is -2.81. The molecule has 1 heterocycles. The molecule has 0 radical (unpaired) electrons. The third-order valence-corrected chi connectivity index (χ3v) is 3.59. The SMILES string of the molecule is CCc1coc(C/C=C\C(C=COC)=NCC=Cc2ccccc2)c1. The summed E-state index contributed by atoms with van der Waals surface area (Å²) in [7, 11) is 1.63. The van der Waals surface area contributed by atoms with Crippen LogP contribution in [0.2, 0.25) is 0 Å². The highest BCUT2D eigenvalue weighted by atomic mass is 16.5. The van der Waals surface area contributed by atoms with Gasteiger partial charge in [-0.15, -0.1) is 0 Å². The van der Waals surface area contributed by atoms with E-state index in [4.69, 9.17) is 9.15 Å². The highest BCUT2D eigenvalue weighted by molar-refractivity contribution is 6.03. The molecule has 2 rings (SSSR count). The lowest BCUT2D eigenvalue weighted by atomic mass is 10.2. The zero-order valence-corrected chi connectivity index (χ0v) is 14.9. The van der Waals surface area contributed by atoms with Gasteiger partial charge in [-0.05, 0) is 35.8 Å². The van der Waals surface area contributed by atoms with E-state index in [-0.39, 0.29) is 0 Å². The fourth-order valence-electron chi connectivity index (χ4n) is 2.22. The number of aryl methyl sites for hydroxylation is 1. The van der Waals surface area contributed by atoms with Crippen molar-refractivity contribution in [3.8, 4) is 0 Å². The molecular weight excluding hydrogens is 310 g/mol. The zero-order chi connectivity index (χ0) is 17.7. The maximum absolute atomic E-state index is 5.52. The first-order valence-electron chi connectivity index (χ1n) is 8.50. The number of rotatable bonds is 9. The van der Waals surface area contributed by atoms with Gasteiger partial charge in [0, 0.05) is 6.42 Å². The van der Waals surface area contributed by atoms with Gasteiger partial charge in [0.05, 0.1) is 31.9 Å². The fourth-order valence-corrected chi connectivity index (χ4v) is 2.22. The van der Waals surface area contributed by atoms with Crippen LogP contribution in [-0.2, 0) is 17.6 Å². The average Bonchev–Trinajstić information content (AvgIpc) is 3.11. The first kappa shape index (κ1) is 18.5. The maximum Gasteiger partial charge on any atom is 0.107 e. The Balaban J connectivity index is 1.93. The van der Waals surface area contributed by atoms with Crippen LogP contribution >= 0.6 is 0 Å². The summed E-state index contributed by atoms with van der Waals surface area (Å²) in [6, 6.07) is 12.3. The molecule has 1 aromatic carbocycles. The van der Waals surface area contributed by atoms with Crippen LogP contribution in [0.15, 0.2) is 82.6 Å². The van der Waals surface area contributed by atoms with E-state index in [1.807, 2.05) is 42.7 Å². The molecule has 3 nitrogen and oxygen atoms in total. The second kappa shape index (κ2) is 10.9. The largest absolute Gasteiger partial charge is 0.504 e. The Kier molecular flexibility index (Phi) is 8.06. The van der Waals surface area contributed by atoms with Crippen LogP contribution in [0.25, 0.3) is 6.08 Å². The van der Waals surface area contributed by atoms with Crippen LogP contribution in [0.4, 0.5) is 0 Å². The van der Waals surface area contributed by atoms with Crippen molar-refractivity contribution in [1.29, 1.82) is 0 Å². The predicted molar refractivity (Wildman–Crippen MR) is 105 cm³/mol. The van der Waals surface area contributed by atoms with E-state index in [0.29, 0.717) is 6.54 Å². The summed E-state index contributed by atoms with van der Waals surface area (Å²) in [6.07, 6.45) is 15.2. The van der Waals surface area contributed by atoms with Gasteiger partial charge in [-0.1, -0.05) is 55.5 Å². The third-order valence-electron chi connectivity index (χ3n) is 3.59. The molecule has 0 saturated heterocycles. The van der Waals surface area contributed by atoms with Gasteiger partial charge < -0.3 is 9.15 Å². The highest BCUT2D eigenvalue weighted by Gasteiger charge is 1.97. The van der Waals surface area contributed by atoms with Gasteiger partial charge >= 0.3 is 0 Å². The lowest BCUT2D eigenvalue weighted by Gasteiger charge is -1.95. The molecule has 1 aromatic heterocycles. The van der Waals surface area contributed by atoms with Crippen molar-refractivity contribution >= 4 is 11.8 Å². The molecule has 0 saturated carbocycles. The van der Waals surface area contributed by atoms with E-state index in [0.717, 1.165) is 24.3 Å². The van der Waals surface area contributed by atoms with Crippen molar-refractivity contribution < 1.29 is 9.15 Å². The number of methoxy groups -OCH3 is 1. The number of allylic oxidation sites excluding steroid dienone is 3. The second-order valence-electron chi connectivity index (χ2n) is 5.50. The first-order chi connectivity index (χ1) is 12.3. The van der Waals surface area contributed by atoms with Crippen molar-refractivity contribution in [3.05, 3.63) is 90.1 Å². The average molecular weight is 335 g/mol. The van der Waals surface area contributed by atoms with Crippen LogP contribution in [0, 0.1) is 0 Å². The fraction of sp³-hybridized carbons (Fsp3) is 0.227. The summed E-state index contributed by atoms with van der Waals surface area (Å²) in [5, 5.41) is 0. The molecule has 0 aliphatic rings. The van der Waals surface area contributed by atoms with Gasteiger partial charge in [0.15, 0.2) is 0 Å². The van der Waals surface area contributed by atoms with Gasteiger partial charge in [0.1, 0.15) is 5.76 Å². The Morgan fingerprint density at radius 3 is 2.72 bits per heavy atom. The number of hydrogen-bond donors (Lipinski definition) is 0. The summed E-state index contributed by atoms with van der Waals surface area (Å²) in [5.41, 5.74) is 3.26. The summed E-state index contributed by atoms with van der Waals surface area (Å²) in [5.74, 6) is 0.965. The molecule has 130 valence electrons. The Bertz CT molecular complexity index is 736. The monoisotopic (exact) mass is 335 g/mol. The van der Waals surface area contributed by atoms with E-state index < -0.39 is 0 Å². The molecule has 3 heteroatoms. The van der Waals surface area contributed by atoms with Crippen molar-refractivity contribution in [2.24, 2.45) is 4.99 Å². The highest BCUT2D eigenvalue weighted by Crippen LogP contribution is 2.09. The minimum Gasteiger partial charge on any atom is -0.504 e. The summed E-state index contributed by atoms with van der Waals surface area (Å²) < 4.78 is 10.5. The standard InChI is InChI=1S/C22H25NO2/c1-3-19-17-22(25-18-19)13-7-12-21(14-16-24-2)23-15-8-11-20-9-5-4-6-10-20/h4-12,14,16-18H,3,13,15H2,1-2H3/b11-8?,12-7-,16-14?,23-21?. The van der Waals surface area contributed by atoms with Gasteiger partial charge in [-0.25, -0.2) is 0 Å². The van der Waals surface area contributed by atoms with E-state index >= 15 is 0 Å². The number of furan rings is 1. The lowest BCUT2D eigenvalue weighted by molar-refractivity contribution is 0.338. The van der Waals surface area contributed by atoms with Gasteiger partial charge in [-0.3, -0.25) is 4.99 Å². The Morgan fingerprint density at radius 2 is 2.00 bits per heavy atom. The smallest absolute Gasteiger partial charge is 0.107 e. The number of aliphatic imine (C=N–C) groups is 1. The summed E-state index contributed by atoms with van der Waals surface area (Å²) in [4.78, 5) is 4.57. The molecule has 0 spiro atoms. The molecule has 25 heavy (non-hydrogen) atoms. The van der Waals surface area contributed by atoms with Crippen LogP contribution in [0.3, 0.4) is 0 Å². The zero-order valence-electron chi connectivity index (χ0n) is 14.9. The molecule has 0 bridgehead atoms. The number of benzene rings is 1. The molecule has 0 aliphatic heterocycles. The molecule has 0 amide bonds. The van der Waals surface area contributed by atoms with E-state index in [1.165, 1.54) is 11.1 Å². The van der Waals surface area contributed by atoms with E-state index in [1.54, 1.807) is 13.4 Å². The topological polar surface area (TPSA) is 34.7 Å². The predicted octanol–water partition coefficient (Wildman–Crippen LogP) is 5.26. The van der Waals surface area contributed by atoms with Gasteiger partial charge in [-0.2, -0.15) is 0 Å². The Labute approximate surface area is 150 Å². The van der Waals surface area contributed by atoms with Gasteiger partial charge in [0.2, 0.25) is 0 Å². The maximum atomic E-state index is 5.52. The quantitative estimate of drug-likeness (QED) is 0.463. The molecule has 0 unspecified atom stereocenters. The van der Waals surface area contributed by atoms with E-state index in [9.17, 15) is 0 Å². The Morgan fingerprint density at radius 1 is 1.16 bits per heavy atom. The molecule has 0 fully saturated rings. The number of hydrogen-bond acceptors (Lipinski definition) is 3. The van der Waals surface area contributed by atoms with Crippen LogP contribution in [0.5, 0.6) is 0 Å². The van der Waals surface area contributed by atoms with Crippen molar-refractivity contribution in [3.63, 3.8) is 0 Å². The normalized spacial score (nSPS) is 12.6. The van der Waals surface area contributed by atoms with Crippen molar-refractivity contribution in [2.75, 3.05) is 13.7 Å². The number of nitrogens with zero attached hydrogens (tertiary/aromatic N) is 1. The van der Waals surface area contributed by atoms with Gasteiger partial charge in [0.25, 0.3) is 0 Å². The van der Waals surface area contributed by atoms with Crippen molar-refractivity contribution in [2.45, 2.75) is 19.8 Å². The summed E-state index contributed by atoms with van der Waals surface area (Å²) in [6.45, 7) is 2.73. The first-order valence-corrected chi connectivity index (χ1v) is 8.50. The molecule has 0 N–H and O–H groups in total. The molecule has 0 aliphatic carbocycles. The summed E-state index contributed by atoms with van der Waals surface area (Å²) >= 11 is 0. The van der Waals surface area contributed by atoms with Crippen molar-refractivity contribution in [1.82, 2.24) is 0 Å². The second-order valence-corrected chi connectivity index (χ2v) is 5.50. The lowest BCUT2D eigenvalue weighted by Crippen LogP contribution is -1.91. The number of ether oxygens (including phenoxy) is 1. The third kappa shape index (κ3) is 7.08. The van der Waals surface area contributed by atoms with Crippen LogP contribution in [-0.4, -0.2) is 19.4 Å². The van der Waals surface area contributed by atoms with Crippen LogP contribution in [0.1, 0.15) is 23.8 Å². The van der Waals surface area contributed by atoms with E-state index in [2.05, 4.69) is 42.3 Å². The molecule has 0 atom stereocenters. The minimum absolute atomic E-state index is 0.614. The minimum atomic E-state index is 0.614.